The summed E-state index contributed by atoms with van der Waals surface area (Å²) < 4.78 is 78.5. The highest BCUT2D eigenvalue weighted by molar-refractivity contribution is 6.36. The molecule has 9 nitrogen and oxygen atoms in total. The van der Waals surface area contributed by atoms with Crippen LogP contribution in [0.25, 0.3) is 16.9 Å². The number of nitrogen functional groups attached to an aromatic ring is 1. The van der Waals surface area contributed by atoms with Crippen LogP contribution < -0.4 is 16.4 Å². The van der Waals surface area contributed by atoms with E-state index in [0.29, 0.717) is 10.6 Å². The lowest BCUT2D eigenvalue weighted by Gasteiger charge is -2.12. The van der Waals surface area contributed by atoms with E-state index in [1.165, 1.54) is 18.2 Å². The second kappa shape index (κ2) is 10.1. The van der Waals surface area contributed by atoms with Gasteiger partial charge in [-0.2, -0.15) is 30.9 Å². The van der Waals surface area contributed by atoms with E-state index >= 15 is 0 Å². The number of nitrogens with one attached hydrogen (secondary N) is 2. The summed E-state index contributed by atoms with van der Waals surface area (Å²) in [4.78, 5) is 23.0. The number of carbonyl (C=O) groups excluding carboxylic acids is 1. The summed E-state index contributed by atoms with van der Waals surface area (Å²) in [5, 5.41) is 9.61. The maximum atomic E-state index is 13.2. The lowest BCUT2D eigenvalue weighted by atomic mass is 10.1. The third-order valence-electron chi connectivity index (χ3n) is 4.93. The zero-order valence-electron chi connectivity index (χ0n) is 18.6. The van der Waals surface area contributed by atoms with Crippen molar-refractivity contribution in [3.63, 3.8) is 0 Å². The Balaban J connectivity index is 1.55. The normalized spacial score (nSPS) is 12.1. The molecule has 4 N–H and O–H groups in total. The zero-order valence-corrected chi connectivity index (χ0v) is 20.1. The highest BCUT2D eigenvalue weighted by atomic mass is 35.5. The van der Waals surface area contributed by atoms with Crippen LogP contribution in [0.1, 0.15) is 16.2 Å². The van der Waals surface area contributed by atoms with Crippen LogP contribution >= 0.6 is 23.2 Å². The van der Waals surface area contributed by atoms with Gasteiger partial charge in [0.25, 0.3) is 11.6 Å². The molecule has 0 aliphatic carbocycles. The summed E-state index contributed by atoms with van der Waals surface area (Å²) in [6, 6.07) is 7.80. The minimum atomic E-state index is -5.11. The average Bonchev–Trinajstić information content (AvgIpc) is 3.26. The molecule has 3 heterocycles. The fraction of sp³-hybridized carbons (Fsp3) is 0.190. The van der Waals surface area contributed by atoms with E-state index in [2.05, 4.69) is 30.7 Å². The van der Waals surface area contributed by atoms with Crippen molar-refractivity contribution in [2.24, 2.45) is 0 Å². The highest BCUT2D eigenvalue weighted by Crippen LogP contribution is 2.32. The number of anilines is 3. The molecule has 200 valence electrons. The van der Waals surface area contributed by atoms with Crippen molar-refractivity contribution in [3.05, 3.63) is 57.8 Å². The van der Waals surface area contributed by atoms with E-state index in [1.807, 2.05) is 0 Å². The first-order valence-electron chi connectivity index (χ1n) is 10.4. The Morgan fingerprint density at radius 3 is 2.29 bits per heavy atom. The lowest BCUT2D eigenvalue weighted by Crippen LogP contribution is -2.24. The molecule has 1 aromatic carbocycles. The first kappa shape index (κ1) is 27.2. The van der Waals surface area contributed by atoms with Gasteiger partial charge in [0.15, 0.2) is 5.65 Å². The van der Waals surface area contributed by atoms with Crippen molar-refractivity contribution >= 4 is 52.2 Å². The van der Waals surface area contributed by atoms with Crippen LogP contribution in [0.5, 0.6) is 0 Å². The number of pyridine rings is 1. The van der Waals surface area contributed by atoms with Crippen molar-refractivity contribution in [3.8, 4) is 11.3 Å². The predicted molar refractivity (Wildman–Crippen MR) is 127 cm³/mol. The second-order valence-electron chi connectivity index (χ2n) is 7.60. The van der Waals surface area contributed by atoms with Gasteiger partial charge in [-0.1, -0.05) is 23.2 Å². The van der Waals surface area contributed by atoms with E-state index in [4.69, 9.17) is 28.9 Å². The van der Waals surface area contributed by atoms with Crippen molar-refractivity contribution in [1.29, 1.82) is 0 Å². The SMILES string of the molecule is Nc1nc(NCCNc2nc(-c3ccc(Cl)cc3Cl)cc3nc(C(F)(F)F)nn23)ccc1C(=O)C(F)(F)F. The number of rotatable bonds is 7. The maximum Gasteiger partial charge on any atom is 0.455 e. The molecule has 3 aromatic heterocycles. The minimum absolute atomic E-state index is 0.0337. The Morgan fingerprint density at radius 2 is 1.66 bits per heavy atom. The van der Waals surface area contributed by atoms with E-state index in [9.17, 15) is 31.1 Å². The van der Waals surface area contributed by atoms with Gasteiger partial charge in [-0.05, 0) is 30.3 Å². The standard InChI is InChI=1S/C21H14Cl2F6N8O/c22-9-1-2-10(12(23)7-9)13-8-15-35-18(21(27,28)29)36-37(15)19(33-13)32-6-5-31-14-4-3-11(17(30)34-14)16(38)20(24,25)26/h1-4,7-8H,5-6H2,(H,32,33)(H3,30,31,34). The topological polar surface area (TPSA) is 123 Å². The number of hydrogen-bond donors (Lipinski definition) is 3. The summed E-state index contributed by atoms with van der Waals surface area (Å²) in [6.07, 6.45) is -9.92. The highest BCUT2D eigenvalue weighted by Gasteiger charge is 2.40. The molecule has 0 saturated carbocycles. The first-order valence-corrected chi connectivity index (χ1v) is 11.2. The number of carbonyl (C=O) groups is 1. The third-order valence-corrected chi connectivity index (χ3v) is 5.47. The molecular formula is C21H14Cl2F6N8O. The van der Waals surface area contributed by atoms with Crippen LogP contribution in [0.3, 0.4) is 0 Å². The van der Waals surface area contributed by atoms with E-state index in [0.717, 1.165) is 16.6 Å². The van der Waals surface area contributed by atoms with Gasteiger partial charge in [-0.3, -0.25) is 4.79 Å². The molecular weight excluding hydrogens is 565 g/mol. The Kier molecular flexibility index (Phi) is 7.25. The molecule has 0 bridgehead atoms. The summed E-state index contributed by atoms with van der Waals surface area (Å²) in [5.74, 6) is -4.18. The molecule has 0 radical (unpaired) electrons. The van der Waals surface area contributed by atoms with Gasteiger partial charge in [-0.15, -0.1) is 5.10 Å². The number of benzene rings is 1. The third kappa shape index (κ3) is 5.83. The van der Waals surface area contributed by atoms with Crippen molar-refractivity contribution < 1.29 is 31.1 Å². The zero-order chi connectivity index (χ0) is 27.8. The molecule has 17 heteroatoms. The number of nitrogens with zero attached hydrogens (tertiary/aromatic N) is 5. The van der Waals surface area contributed by atoms with Crippen LogP contribution in [-0.4, -0.2) is 49.6 Å². The van der Waals surface area contributed by atoms with Crippen molar-refractivity contribution in [2.45, 2.75) is 12.4 Å². The van der Waals surface area contributed by atoms with Crippen LogP contribution in [0, 0.1) is 0 Å². The second-order valence-corrected chi connectivity index (χ2v) is 8.45. The van der Waals surface area contributed by atoms with Gasteiger partial charge in [0.2, 0.25) is 5.95 Å². The summed E-state index contributed by atoms with van der Waals surface area (Å²) in [7, 11) is 0. The Hall–Kier alpha value is -3.85. The number of nitrogens with two attached hydrogens (primary N) is 1. The molecule has 0 atom stereocenters. The summed E-state index contributed by atoms with van der Waals surface area (Å²) in [5.41, 5.74) is 5.09. The molecule has 0 aliphatic heterocycles. The van der Waals surface area contributed by atoms with Crippen LogP contribution in [0.15, 0.2) is 36.4 Å². The molecule has 0 fully saturated rings. The van der Waals surface area contributed by atoms with Gasteiger partial charge in [0.1, 0.15) is 11.6 Å². The summed E-state index contributed by atoms with van der Waals surface area (Å²) in [6.45, 7) is 0.0981. The minimum Gasteiger partial charge on any atom is -0.383 e. The van der Waals surface area contributed by atoms with Gasteiger partial charge < -0.3 is 16.4 Å². The average molecular weight is 579 g/mol. The molecule has 0 aliphatic rings. The Bertz CT molecular complexity index is 1520. The Morgan fingerprint density at radius 1 is 0.947 bits per heavy atom. The van der Waals surface area contributed by atoms with Crippen LogP contribution in [0.4, 0.5) is 43.9 Å². The van der Waals surface area contributed by atoms with Gasteiger partial charge in [0.05, 0.1) is 16.3 Å². The number of aromatic nitrogens is 5. The number of alkyl halides is 6. The fourth-order valence-corrected chi connectivity index (χ4v) is 3.75. The maximum absolute atomic E-state index is 13.2. The number of ketones is 1. The smallest absolute Gasteiger partial charge is 0.383 e. The largest absolute Gasteiger partial charge is 0.455 e. The van der Waals surface area contributed by atoms with Crippen LogP contribution in [-0.2, 0) is 6.18 Å². The van der Waals surface area contributed by atoms with E-state index in [-0.39, 0.29) is 41.2 Å². The number of Topliss-reactive ketones (excluding diaryl/α,β-unsaturated/α-hetero) is 1. The van der Waals surface area contributed by atoms with Gasteiger partial charge in [0, 0.05) is 29.7 Å². The molecule has 4 aromatic rings. The van der Waals surface area contributed by atoms with Gasteiger partial charge >= 0.3 is 12.4 Å². The monoisotopic (exact) mass is 578 g/mol. The Labute approximate surface area is 219 Å². The quantitative estimate of drug-likeness (QED) is 0.152. The number of halogens is 8. The number of fused-ring (bicyclic) bond motifs is 1. The lowest BCUT2D eigenvalue weighted by molar-refractivity contribution is -0.144. The van der Waals surface area contributed by atoms with Gasteiger partial charge in [-0.25, -0.2) is 15.0 Å². The predicted octanol–water partition coefficient (Wildman–Crippen LogP) is 5.36. The van der Waals surface area contributed by atoms with Crippen molar-refractivity contribution in [1.82, 2.24) is 24.6 Å². The van der Waals surface area contributed by atoms with E-state index < -0.39 is 35.3 Å². The molecule has 0 saturated heterocycles. The molecule has 4 rings (SSSR count). The fourth-order valence-electron chi connectivity index (χ4n) is 3.24. The van der Waals surface area contributed by atoms with E-state index in [1.54, 1.807) is 6.07 Å². The molecule has 0 spiro atoms. The molecule has 0 amide bonds. The first-order chi connectivity index (χ1) is 17.7. The number of hydrogen-bond acceptors (Lipinski definition) is 8. The van der Waals surface area contributed by atoms with Crippen LogP contribution in [0.2, 0.25) is 10.0 Å². The summed E-state index contributed by atoms with van der Waals surface area (Å²) >= 11 is 12.1. The molecule has 38 heavy (non-hydrogen) atoms. The molecule has 0 unspecified atom stereocenters. The van der Waals surface area contributed by atoms with Crippen molar-refractivity contribution in [2.75, 3.05) is 29.5 Å².